The second kappa shape index (κ2) is 4.01. The molecule has 0 amide bonds. The van der Waals surface area contributed by atoms with Gasteiger partial charge in [-0.15, -0.1) is 11.3 Å². The van der Waals surface area contributed by atoms with Crippen LogP contribution in [0.5, 0.6) is 0 Å². The third-order valence-electron chi connectivity index (χ3n) is 3.37. The van der Waals surface area contributed by atoms with Gasteiger partial charge in [-0.05, 0) is 36.8 Å². The molecule has 0 bridgehead atoms. The molecule has 0 radical (unpaired) electrons. The summed E-state index contributed by atoms with van der Waals surface area (Å²) >= 11 is 1.49. The SMILES string of the molecule is Cc1ccsc1C1(C(=O)O)CCC(=O)CC1. The normalized spacial score (nSPS) is 19.7. The topological polar surface area (TPSA) is 54.4 Å². The maximum Gasteiger partial charge on any atom is 0.314 e. The standard InChI is InChI=1S/C12H14O3S/c1-8-4-7-16-10(8)12(11(14)15)5-2-9(13)3-6-12/h4,7H,2-3,5-6H2,1H3,(H,14,15). The van der Waals surface area contributed by atoms with Crippen molar-refractivity contribution in [2.24, 2.45) is 0 Å². The zero-order chi connectivity index (χ0) is 11.8. The molecular formula is C12H14O3S. The summed E-state index contributed by atoms with van der Waals surface area (Å²) in [4.78, 5) is 23.7. The summed E-state index contributed by atoms with van der Waals surface area (Å²) in [7, 11) is 0. The molecule has 1 N–H and O–H groups in total. The van der Waals surface area contributed by atoms with Crippen LogP contribution in [0.1, 0.15) is 36.1 Å². The number of carboxylic acid groups (broad SMARTS) is 1. The number of aryl methyl sites for hydroxylation is 1. The Kier molecular flexibility index (Phi) is 2.84. The Morgan fingerprint density at radius 3 is 2.50 bits per heavy atom. The van der Waals surface area contributed by atoms with E-state index in [1.807, 2.05) is 18.4 Å². The lowest BCUT2D eigenvalue weighted by atomic mass is 9.72. The van der Waals surface area contributed by atoms with Gasteiger partial charge in [0, 0.05) is 17.7 Å². The van der Waals surface area contributed by atoms with Crippen LogP contribution in [0.3, 0.4) is 0 Å². The number of carbonyl (C=O) groups is 2. The molecule has 0 saturated heterocycles. The van der Waals surface area contributed by atoms with Crippen molar-refractivity contribution in [3.63, 3.8) is 0 Å². The van der Waals surface area contributed by atoms with Gasteiger partial charge >= 0.3 is 5.97 Å². The van der Waals surface area contributed by atoms with Gasteiger partial charge in [-0.25, -0.2) is 0 Å². The van der Waals surface area contributed by atoms with E-state index in [-0.39, 0.29) is 5.78 Å². The van der Waals surface area contributed by atoms with Gasteiger partial charge < -0.3 is 5.11 Å². The van der Waals surface area contributed by atoms with Crippen molar-refractivity contribution in [3.05, 3.63) is 21.9 Å². The largest absolute Gasteiger partial charge is 0.481 e. The smallest absolute Gasteiger partial charge is 0.314 e. The van der Waals surface area contributed by atoms with Crippen LogP contribution in [-0.4, -0.2) is 16.9 Å². The van der Waals surface area contributed by atoms with Crippen molar-refractivity contribution in [1.29, 1.82) is 0 Å². The van der Waals surface area contributed by atoms with Gasteiger partial charge in [0.1, 0.15) is 11.2 Å². The molecule has 16 heavy (non-hydrogen) atoms. The van der Waals surface area contributed by atoms with Crippen LogP contribution in [0.15, 0.2) is 11.4 Å². The molecule has 1 aromatic rings. The van der Waals surface area contributed by atoms with Gasteiger partial charge in [-0.1, -0.05) is 0 Å². The van der Waals surface area contributed by atoms with Gasteiger partial charge in [0.2, 0.25) is 0 Å². The minimum atomic E-state index is -0.813. The second-order valence-corrected chi connectivity index (χ2v) is 5.27. The predicted molar refractivity (Wildman–Crippen MR) is 61.8 cm³/mol. The van der Waals surface area contributed by atoms with Crippen LogP contribution < -0.4 is 0 Å². The first-order valence-corrected chi connectivity index (χ1v) is 6.24. The zero-order valence-electron chi connectivity index (χ0n) is 9.16. The fourth-order valence-corrected chi connectivity index (χ4v) is 3.54. The maximum atomic E-state index is 11.5. The summed E-state index contributed by atoms with van der Waals surface area (Å²) in [6, 6.07) is 1.95. The number of carboxylic acids is 1. The summed E-state index contributed by atoms with van der Waals surface area (Å²) in [5.74, 6) is -0.600. The highest BCUT2D eigenvalue weighted by Gasteiger charge is 2.44. The number of Topliss-reactive ketones (excluding diaryl/α,β-unsaturated/α-hetero) is 1. The van der Waals surface area contributed by atoms with E-state index < -0.39 is 11.4 Å². The maximum absolute atomic E-state index is 11.5. The molecule has 1 aromatic heterocycles. The molecule has 1 fully saturated rings. The molecular weight excluding hydrogens is 224 g/mol. The van der Waals surface area contributed by atoms with Crippen LogP contribution >= 0.6 is 11.3 Å². The van der Waals surface area contributed by atoms with Crippen LogP contribution in [-0.2, 0) is 15.0 Å². The highest BCUT2D eigenvalue weighted by Crippen LogP contribution is 2.42. The molecule has 86 valence electrons. The molecule has 4 heteroatoms. The molecule has 0 atom stereocenters. The monoisotopic (exact) mass is 238 g/mol. The Hall–Kier alpha value is -1.16. The molecule has 0 unspecified atom stereocenters. The van der Waals surface area contributed by atoms with E-state index in [1.165, 1.54) is 11.3 Å². The Morgan fingerprint density at radius 1 is 1.44 bits per heavy atom. The second-order valence-electron chi connectivity index (χ2n) is 4.36. The van der Waals surface area contributed by atoms with Crippen molar-refractivity contribution in [2.75, 3.05) is 0 Å². The minimum Gasteiger partial charge on any atom is -0.481 e. The van der Waals surface area contributed by atoms with Crippen LogP contribution in [0.4, 0.5) is 0 Å². The molecule has 2 rings (SSSR count). The Balaban J connectivity index is 2.41. The summed E-state index contributed by atoms with van der Waals surface area (Å²) in [6.07, 6.45) is 1.68. The van der Waals surface area contributed by atoms with Crippen molar-refractivity contribution >= 4 is 23.1 Å². The van der Waals surface area contributed by atoms with E-state index in [9.17, 15) is 14.7 Å². The van der Waals surface area contributed by atoms with Crippen LogP contribution in [0.25, 0.3) is 0 Å². The molecule has 1 heterocycles. The van der Waals surface area contributed by atoms with Crippen molar-refractivity contribution in [1.82, 2.24) is 0 Å². The molecule has 0 aromatic carbocycles. The highest BCUT2D eigenvalue weighted by molar-refractivity contribution is 7.10. The van der Waals surface area contributed by atoms with Crippen molar-refractivity contribution in [2.45, 2.75) is 38.0 Å². The first-order valence-electron chi connectivity index (χ1n) is 5.36. The lowest BCUT2D eigenvalue weighted by Crippen LogP contribution is -2.39. The Labute approximate surface area is 98.1 Å². The predicted octanol–water partition coefficient (Wildman–Crippen LogP) is 2.52. The first-order chi connectivity index (χ1) is 7.56. The summed E-state index contributed by atoms with van der Waals surface area (Å²) in [5.41, 5.74) is 0.216. The van der Waals surface area contributed by atoms with E-state index in [2.05, 4.69) is 0 Å². The Bertz CT molecular complexity index is 423. The molecule has 1 aliphatic carbocycles. The van der Waals surface area contributed by atoms with E-state index in [4.69, 9.17) is 0 Å². The number of hydrogen-bond acceptors (Lipinski definition) is 3. The number of rotatable bonds is 2. The lowest BCUT2D eigenvalue weighted by molar-refractivity contribution is -0.145. The van der Waals surface area contributed by atoms with E-state index >= 15 is 0 Å². The third kappa shape index (κ3) is 1.67. The van der Waals surface area contributed by atoms with Gasteiger partial charge in [-0.3, -0.25) is 9.59 Å². The zero-order valence-corrected chi connectivity index (χ0v) is 9.97. The van der Waals surface area contributed by atoms with Crippen molar-refractivity contribution < 1.29 is 14.7 Å². The van der Waals surface area contributed by atoms with E-state index in [1.54, 1.807) is 0 Å². The summed E-state index contributed by atoms with van der Waals surface area (Å²) in [5, 5.41) is 11.4. The highest BCUT2D eigenvalue weighted by atomic mass is 32.1. The lowest BCUT2D eigenvalue weighted by Gasteiger charge is -2.32. The Morgan fingerprint density at radius 2 is 2.06 bits per heavy atom. The van der Waals surface area contributed by atoms with E-state index in [0.717, 1.165) is 10.4 Å². The van der Waals surface area contributed by atoms with Crippen LogP contribution in [0.2, 0.25) is 0 Å². The molecule has 0 spiro atoms. The van der Waals surface area contributed by atoms with Gasteiger partial charge in [0.15, 0.2) is 0 Å². The quantitative estimate of drug-likeness (QED) is 0.861. The van der Waals surface area contributed by atoms with Crippen molar-refractivity contribution in [3.8, 4) is 0 Å². The fourth-order valence-electron chi connectivity index (χ4n) is 2.36. The molecule has 1 saturated carbocycles. The van der Waals surface area contributed by atoms with Crippen LogP contribution in [0, 0.1) is 6.92 Å². The molecule has 0 aliphatic heterocycles. The number of carbonyl (C=O) groups excluding carboxylic acids is 1. The van der Waals surface area contributed by atoms with Gasteiger partial charge in [-0.2, -0.15) is 0 Å². The number of hydrogen-bond donors (Lipinski definition) is 1. The number of aliphatic carboxylic acids is 1. The minimum absolute atomic E-state index is 0.186. The fraction of sp³-hybridized carbons (Fsp3) is 0.500. The average Bonchev–Trinajstić information content (AvgIpc) is 2.66. The summed E-state index contributed by atoms with van der Waals surface area (Å²) < 4.78 is 0. The third-order valence-corrected chi connectivity index (χ3v) is 4.59. The number of ketones is 1. The molecule has 1 aliphatic rings. The van der Waals surface area contributed by atoms with Gasteiger partial charge in [0.05, 0.1) is 0 Å². The average molecular weight is 238 g/mol. The van der Waals surface area contributed by atoms with E-state index in [0.29, 0.717) is 25.7 Å². The number of thiophene rings is 1. The first kappa shape index (κ1) is 11.3. The molecule has 3 nitrogen and oxygen atoms in total. The summed E-state index contributed by atoms with van der Waals surface area (Å²) in [6.45, 7) is 1.94. The van der Waals surface area contributed by atoms with Gasteiger partial charge in [0.25, 0.3) is 0 Å².